The third kappa shape index (κ3) is 4.44. The third-order valence-corrected chi connectivity index (χ3v) is 3.91. The second-order valence-electron chi connectivity index (χ2n) is 5.49. The number of nitrogens with one attached hydrogen (secondary N) is 1. The van der Waals surface area contributed by atoms with Crippen molar-refractivity contribution in [3.8, 4) is 6.07 Å². The van der Waals surface area contributed by atoms with Gasteiger partial charge in [0, 0.05) is 5.69 Å². The van der Waals surface area contributed by atoms with Gasteiger partial charge in [0.05, 0.1) is 13.1 Å². The lowest BCUT2D eigenvalue weighted by Gasteiger charge is -2.19. The van der Waals surface area contributed by atoms with Crippen molar-refractivity contribution < 1.29 is 0 Å². The maximum atomic E-state index is 8.68. The van der Waals surface area contributed by atoms with Crippen molar-refractivity contribution in [3.63, 3.8) is 0 Å². The molecule has 0 amide bonds. The topological polar surface area (TPSA) is 105 Å². The Hall–Kier alpha value is -2.15. The van der Waals surface area contributed by atoms with Crippen molar-refractivity contribution in [3.05, 3.63) is 41.5 Å². The molecule has 2 aromatic rings. The van der Waals surface area contributed by atoms with Gasteiger partial charge in [-0.1, -0.05) is 12.1 Å². The number of anilines is 1. The maximum absolute atomic E-state index is 8.68. The minimum absolute atomic E-state index is 0. The van der Waals surface area contributed by atoms with E-state index in [9.17, 15) is 0 Å². The van der Waals surface area contributed by atoms with E-state index in [-0.39, 0.29) is 29.8 Å². The minimum atomic E-state index is 0. The van der Waals surface area contributed by atoms with Gasteiger partial charge in [-0.3, -0.25) is 4.99 Å². The van der Waals surface area contributed by atoms with Gasteiger partial charge < -0.3 is 11.1 Å². The number of rotatable bonds is 4. The average molecular weight is 437 g/mol. The number of nitrogens with two attached hydrogens (primary N) is 1. The molecule has 1 aromatic carbocycles. The van der Waals surface area contributed by atoms with Gasteiger partial charge in [0.2, 0.25) is 0 Å². The first-order chi connectivity index (χ1) is 11.3. The smallest absolute Gasteiger partial charge is 0.252 e. The Labute approximate surface area is 158 Å². The van der Waals surface area contributed by atoms with Gasteiger partial charge in [0.1, 0.15) is 12.4 Å². The van der Waals surface area contributed by atoms with Crippen molar-refractivity contribution >= 4 is 35.6 Å². The van der Waals surface area contributed by atoms with Gasteiger partial charge in [-0.2, -0.15) is 5.26 Å². The Balaban J connectivity index is 0.00000208. The van der Waals surface area contributed by atoms with E-state index in [0.29, 0.717) is 19.0 Å². The van der Waals surface area contributed by atoms with E-state index in [1.807, 2.05) is 12.1 Å². The second kappa shape index (κ2) is 8.63. The molecule has 1 aromatic heterocycles. The first kappa shape index (κ1) is 18.2. The molecular weight excluding hydrogens is 417 g/mol. The van der Waals surface area contributed by atoms with Crippen LogP contribution in [-0.4, -0.2) is 27.3 Å². The summed E-state index contributed by atoms with van der Waals surface area (Å²) in [4.78, 5) is 8.15. The van der Waals surface area contributed by atoms with Crippen molar-refractivity contribution in [2.24, 2.45) is 10.7 Å². The lowest BCUT2D eigenvalue weighted by molar-refractivity contribution is 0.622. The highest BCUT2D eigenvalue weighted by atomic mass is 127. The standard InChI is InChI=1S/C16H19N7.HI/c17-10-15-20-11-23(22-15)9-8-19-16(18)21-14-7-3-5-12-4-1-2-6-13(12)14;/h3,5,7,11H,1-2,4,6,8-9H2,(H3,18,19,21);1H. The van der Waals surface area contributed by atoms with Crippen molar-refractivity contribution in [1.82, 2.24) is 14.8 Å². The number of aromatic nitrogens is 3. The summed E-state index contributed by atoms with van der Waals surface area (Å²) in [5.74, 6) is 0.556. The van der Waals surface area contributed by atoms with Crippen molar-refractivity contribution in [1.29, 1.82) is 5.26 Å². The zero-order valence-corrected chi connectivity index (χ0v) is 15.6. The number of nitrogens with zero attached hydrogens (tertiary/aromatic N) is 5. The van der Waals surface area contributed by atoms with E-state index in [0.717, 1.165) is 18.5 Å². The molecule has 0 unspecified atom stereocenters. The first-order valence-electron chi connectivity index (χ1n) is 7.73. The van der Waals surface area contributed by atoms with E-state index in [1.165, 1.54) is 30.3 Å². The minimum Gasteiger partial charge on any atom is -0.370 e. The fourth-order valence-electron chi connectivity index (χ4n) is 2.80. The molecule has 0 radical (unpaired) electrons. The molecule has 0 aliphatic heterocycles. The molecule has 1 aliphatic carbocycles. The number of nitriles is 1. The average Bonchev–Trinajstić information content (AvgIpc) is 3.03. The molecule has 1 aliphatic rings. The molecule has 0 fully saturated rings. The van der Waals surface area contributed by atoms with Crippen LogP contribution in [0.2, 0.25) is 0 Å². The fourth-order valence-corrected chi connectivity index (χ4v) is 2.80. The highest BCUT2D eigenvalue weighted by Gasteiger charge is 2.13. The van der Waals surface area contributed by atoms with E-state index in [1.54, 1.807) is 4.68 Å². The molecule has 0 bridgehead atoms. The van der Waals surface area contributed by atoms with Crippen LogP contribution < -0.4 is 11.1 Å². The van der Waals surface area contributed by atoms with Gasteiger partial charge in [-0.25, -0.2) is 9.67 Å². The predicted molar refractivity (Wildman–Crippen MR) is 103 cm³/mol. The van der Waals surface area contributed by atoms with Crippen LogP contribution in [0.3, 0.4) is 0 Å². The summed E-state index contributed by atoms with van der Waals surface area (Å²) in [6, 6.07) is 8.18. The molecule has 3 N–H and O–H groups in total. The summed E-state index contributed by atoms with van der Waals surface area (Å²) in [5, 5.41) is 15.9. The van der Waals surface area contributed by atoms with Gasteiger partial charge in [0.15, 0.2) is 5.96 Å². The number of hydrogen-bond acceptors (Lipinski definition) is 4. The lowest BCUT2D eigenvalue weighted by Crippen LogP contribution is -2.24. The Morgan fingerprint density at radius 2 is 2.21 bits per heavy atom. The maximum Gasteiger partial charge on any atom is 0.252 e. The number of benzene rings is 1. The van der Waals surface area contributed by atoms with Crippen LogP contribution in [0.5, 0.6) is 0 Å². The number of hydrogen-bond donors (Lipinski definition) is 2. The zero-order valence-electron chi connectivity index (χ0n) is 13.3. The summed E-state index contributed by atoms with van der Waals surface area (Å²) < 4.78 is 1.58. The molecule has 1 heterocycles. The molecule has 126 valence electrons. The van der Waals surface area contributed by atoms with Crippen LogP contribution in [0.4, 0.5) is 5.69 Å². The second-order valence-corrected chi connectivity index (χ2v) is 5.49. The van der Waals surface area contributed by atoms with Gasteiger partial charge in [-0.15, -0.1) is 29.1 Å². The Morgan fingerprint density at radius 3 is 3.00 bits per heavy atom. The van der Waals surface area contributed by atoms with E-state index < -0.39 is 0 Å². The summed E-state index contributed by atoms with van der Waals surface area (Å²) in [5.41, 5.74) is 9.78. The number of aryl methyl sites for hydroxylation is 1. The molecule has 3 rings (SSSR count). The zero-order chi connectivity index (χ0) is 16.1. The molecule has 0 saturated carbocycles. The number of guanidine groups is 1. The Morgan fingerprint density at radius 1 is 1.38 bits per heavy atom. The van der Waals surface area contributed by atoms with Crippen LogP contribution in [0.25, 0.3) is 0 Å². The third-order valence-electron chi connectivity index (χ3n) is 3.91. The monoisotopic (exact) mass is 437 g/mol. The molecule has 0 spiro atoms. The Kier molecular flexibility index (Phi) is 6.54. The largest absolute Gasteiger partial charge is 0.370 e. The SMILES string of the molecule is I.N#Cc1ncn(CCN=C(N)Nc2cccc3c2CCCC3)n1. The number of fused-ring (bicyclic) bond motifs is 1. The molecule has 0 atom stereocenters. The van der Waals surface area contributed by atoms with Crippen LogP contribution in [-0.2, 0) is 19.4 Å². The quantitative estimate of drug-likeness (QED) is 0.433. The summed E-state index contributed by atoms with van der Waals surface area (Å²) in [6.45, 7) is 1.01. The molecule has 8 heteroatoms. The summed E-state index contributed by atoms with van der Waals surface area (Å²) in [7, 11) is 0. The summed E-state index contributed by atoms with van der Waals surface area (Å²) >= 11 is 0. The van der Waals surface area contributed by atoms with Gasteiger partial charge in [0.25, 0.3) is 5.82 Å². The number of aliphatic imine (C=N–C) groups is 1. The van der Waals surface area contributed by atoms with Gasteiger partial charge >= 0.3 is 0 Å². The normalized spacial score (nSPS) is 13.5. The highest BCUT2D eigenvalue weighted by molar-refractivity contribution is 14.0. The van der Waals surface area contributed by atoms with Gasteiger partial charge in [-0.05, 0) is 42.9 Å². The molecule has 24 heavy (non-hydrogen) atoms. The molecule has 7 nitrogen and oxygen atoms in total. The van der Waals surface area contributed by atoms with E-state index in [2.05, 4.69) is 32.5 Å². The van der Waals surface area contributed by atoms with E-state index >= 15 is 0 Å². The molecule has 0 saturated heterocycles. The van der Waals surface area contributed by atoms with Crippen LogP contribution in [0.15, 0.2) is 29.5 Å². The van der Waals surface area contributed by atoms with E-state index in [4.69, 9.17) is 11.0 Å². The highest BCUT2D eigenvalue weighted by Crippen LogP contribution is 2.27. The predicted octanol–water partition coefficient (Wildman–Crippen LogP) is 2.07. The van der Waals surface area contributed by atoms with Crippen LogP contribution in [0, 0.1) is 11.3 Å². The van der Waals surface area contributed by atoms with Crippen LogP contribution >= 0.6 is 24.0 Å². The summed E-state index contributed by atoms with van der Waals surface area (Å²) in [6.07, 6.45) is 6.21. The lowest BCUT2D eigenvalue weighted by atomic mass is 9.90. The molecular formula is C16H20IN7. The Bertz CT molecular complexity index is 760. The number of halogens is 1. The van der Waals surface area contributed by atoms with Crippen molar-refractivity contribution in [2.45, 2.75) is 32.2 Å². The van der Waals surface area contributed by atoms with Crippen LogP contribution in [0.1, 0.15) is 29.8 Å². The van der Waals surface area contributed by atoms with Crippen molar-refractivity contribution in [2.75, 3.05) is 11.9 Å². The fraction of sp³-hybridized carbons (Fsp3) is 0.375. The first-order valence-corrected chi connectivity index (χ1v) is 7.73.